The van der Waals surface area contributed by atoms with Crippen LogP contribution < -0.4 is 10.2 Å². The van der Waals surface area contributed by atoms with Gasteiger partial charge >= 0.3 is 0 Å². The van der Waals surface area contributed by atoms with Gasteiger partial charge in [0.1, 0.15) is 5.52 Å². The molecule has 3 rings (SSSR count). The second-order valence-corrected chi connectivity index (χ2v) is 4.59. The van der Waals surface area contributed by atoms with Gasteiger partial charge in [0, 0.05) is 32.4 Å². The van der Waals surface area contributed by atoms with Gasteiger partial charge in [-0.05, 0) is 32.0 Å². The Morgan fingerprint density at radius 2 is 2.28 bits per heavy atom. The molecule has 0 bridgehead atoms. The van der Waals surface area contributed by atoms with E-state index in [9.17, 15) is 0 Å². The van der Waals surface area contributed by atoms with Crippen molar-refractivity contribution < 1.29 is 0 Å². The van der Waals surface area contributed by atoms with Crippen LogP contribution in [0.1, 0.15) is 13.3 Å². The SMILES string of the molecule is CCn1c(N2CCCNCC2)nc2cccnc21. The van der Waals surface area contributed by atoms with E-state index in [1.165, 1.54) is 6.42 Å². The molecular weight excluding hydrogens is 226 g/mol. The lowest BCUT2D eigenvalue weighted by molar-refractivity contribution is 0.708. The molecule has 0 atom stereocenters. The Kier molecular flexibility index (Phi) is 3.15. The van der Waals surface area contributed by atoms with Crippen LogP contribution in [0, 0.1) is 0 Å². The molecule has 96 valence electrons. The molecule has 0 aliphatic carbocycles. The molecule has 1 saturated heterocycles. The van der Waals surface area contributed by atoms with Crippen molar-refractivity contribution in [3.05, 3.63) is 18.3 Å². The Morgan fingerprint density at radius 3 is 3.17 bits per heavy atom. The summed E-state index contributed by atoms with van der Waals surface area (Å²) in [5.41, 5.74) is 1.98. The van der Waals surface area contributed by atoms with Crippen molar-refractivity contribution in [2.24, 2.45) is 0 Å². The van der Waals surface area contributed by atoms with Crippen molar-refractivity contribution >= 4 is 17.1 Å². The fraction of sp³-hybridized carbons (Fsp3) is 0.538. The highest BCUT2D eigenvalue weighted by molar-refractivity contribution is 5.74. The minimum atomic E-state index is 0.909. The molecule has 0 aromatic carbocycles. The third-order valence-corrected chi connectivity index (χ3v) is 3.42. The molecule has 0 spiro atoms. The van der Waals surface area contributed by atoms with Crippen molar-refractivity contribution in [2.75, 3.05) is 31.1 Å². The van der Waals surface area contributed by atoms with Crippen LogP contribution in [0.3, 0.4) is 0 Å². The molecule has 18 heavy (non-hydrogen) atoms. The molecule has 2 aromatic heterocycles. The minimum absolute atomic E-state index is 0.909. The maximum Gasteiger partial charge on any atom is 0.207 e. The van der Waals surface area contributed by atoms with Gasteiger partial charge in [0.05, 0.1) is 0 Å². The predicted octanol–water partition coefficient (Wildman–Crippen LogP) is 1.25. The standard InChI is InChI=1S/C13H19N5/c1-2-18-12-11(5-3-7-15-12)16-13(18)17-9-4-6-14-8-10-17/h3,5,7,14H,2,4,6,8-10H2,1H3. The number of aryl methyl sites for hydroxylation is 1. The molecule has 1 aliphatic heterocycles. The quantitative estimate of drug-likeness (QED) is 0.865. The average molecular weight is 245 g/mol. The van der Waals surface area contributed by atoms with Crippen LogP contribution in [0.4, 0.5) is 5.95 Å². The second-order valence-electron chi connectivity index (χ2n) is 4.59. The zero-order valence-electron chi connectivity index (χ0n) is 10.8. The lowest BCUT2D eigenvalue weighted by Crippen LogP contribution is -2.30. The number of pyridine rings is 1. The number of rotatable bonds is 2. The summed E-state index contributed by atoms with van der Waals surface area (Å²) in [6, 6.07) is 3.98. The maximum absolute atomic E-state index is 4.75. The van der Waals surface area contributed by atoms with Crippen LogP contribution in [0.5, 0.6) is 0 Å². The van der Waals surface area contributed by atoms with Crippen LogP contribution in [0.25, 0.3) is 11.2 Å². The van der Waals surface area contributed by atoms with E-state index >= 15 is 0 Å². The number of nitrogens with one attached hydrogen (secondary N) is 1. The Labute approximate surface area is 107 Å². The van der Waals surface area contributed by atoms with Gasteiger partial charge in [-0.2, -0.15) is 0 Å². The molecule has 5 heteroatoms. The van der Waals surface area contributed by atoms with Gasteiger partial charge in [-0.1, -0.05) is 0 Å². The molecule has 5 nitrogen and oxygen atoms in total. The molecule has 1 fully saturated rings. The van der Waals surface area contributed by atoms with Crippen molar-refractivity contribution in [3.8, 4) is 0 Å². The summed E-state index contributed by atoms with van der Waals surface area (Å²) in [6.07, 6.45) is 3.00. The first kappa shape index (κ1) is 11.5. The molecule has 0 saturated carbocycles. The highest BCUT2D eigenvalue weighted by atomic mass is 15.3. The number of hydrogen-bond donors (Lipinski definition) is 1. The predicted molar refractivity (Wildman–Crippen MR) is 72.9 cm³/mol. The lowest BCUT2D eigenvalue weighted by atomic mass is 10.4. The number of nitrogens with zero attached hydrogens (tertiary/aromatic N) is 4. The zero-order chi connectivity index (χ0) is 12.4. The minimum Gasteiger partial charge on any atom is -0.341 e. The largest absolute Gasteiger partial charge is 0.341 e. The third kappa shape index (κ3) is 1.95. The van der Waals surface area contributed by atoms with Crippen molar-refractivity contribution in [3.63, 3.8) is 0 Å². The smallest absolute Gasteiger partial charge is 0.207 e. The summed E-state index contributed by atoms with van der Waals surface area (Å²) in [5, 5.41) is 3.42. The van der Waals surface area contributed by atoms with Gasteiger partial charge in [-0.25, -0.2) is 9.97 Å². The number of anilines is 1. The number of hydrogen-bond acceptors (Lipinski definition) is 4. The van der Waals surface area contributed by atoms with E-state index in [-0.39, 0.29) is 0 Å². The number of fused-ring (bicyclic) bond motifs is 1. The summed E-state index contributed by atoms with van der Waals surface area (Å²) in [7, 11) is 0. The monoisotopic (exact) mass is 245 g/mol. The van der Waals surface area contributed by atoms with Crippen LogP contribution in [0.15, 0.2) is 18.3 Å². The van der Waals surface area contributed by atoms with Crippen molar-refractivity contribution in [2.45, 2.75) is 19.9 Å². The first-order chi connectivity index (χ1) is 8.90. The van der Waals surface area contributed by atoms with E-state index in [1.54, 1.807) is 0 Å². The summed E-state index contributed by atoms with van der Waals surface area (Å²) in [4.78, 5) is 11.6. The molecule has 3 heterocycles. The molecule has 1 aliphatic rings. The van der Waals surface area contributed by atoms with E-state index in [1.807, 2.05) is 18.3 Å². The topological polar surface area (TPSA) is 46.0 Å². The number of imidazole rings is 1. The highest BCUT2D eigenvalue weighted by Crippen LogP contribution is 2.21. The van der Waals surface area contributed by atoms with Crippen molar-refractivity contribution in [1.29, 1.82) is 0 Å². The lowest BCUT2D eigenvalue weighted by Gasteiger charge is -2.21. The fourth-order valence-corrected chi connectivity index (χ4v) is 2.52. The first-order valence-electron chi connectivity index (χ1n) is 6.67. The van der Waals surface area contributed by atoms with Gasteiger partial charge in [-0.3, -0.25) is 4.57 Å². The summed E-state index contributed by atoms with van der Waals surface area (Å²) in [6.45, 7) is 7.27. The van der Waals surface area contributed by atoms with E-state index in [2.05, 4.69) is 26.7 Å². The molecule has 1 N–H and O–H groups in total. The second kappa shape index (κ2) is 4.94. The molecule has 0 radical (unpaired) electrons. The van der Waals surface area contributed by atoms with Gasteiger partial charge in [-0.15, -0.1) is 0 Å². The molecule has 0 amide bonds. The molecule has 0 unspecified atom stereocenters. The Morgan fingerprint density at radius 1 is 1.33 bits per heavy atom. The summed E-state index contributed by atoms with van der Waals surface area (Å²) < 4.78 is 2.21. The Hall–Kier alpha value is -1.62. The highest BCUT2D eigenvalue weighted by Gasteiger charge is 2.17. The van der Waals surface area contributed by atoms with Crippen molar-refractivity contribution in [1.82, 2.24) is 19.9 Å². The average Bonchev–Trinajstić information content (AvgIpc) is 2.59. The van der Waals surface area contributed by atoms with E-state index in [4.69, 9.17) is 4.98 Å². The summed E-state index contributed by atoms with van der Waals surface area (Å²) >= 11 is 0. The van der Waals surface area contributed by atoms with Crippen LogP contribution >= 0.6 is 0 Å². The maximum atomic E-state index is 4.75. The van der Waals surface area contributed by atoms with E-state index < -0.39 is 0 Å². The Balaban J connectivity index is 2.04. The van der Waals surface area contributed by atoms with Gasteiger partial charge in [0.2, 0.25) is 5.95 Å². The fourth-order valence-electron chi connectivity index (χ4n) is 2.52. The zero-order valence-corrected chi connectivity index (χ0v) is 10.8. The Bertz CT molecular complexity index is 525. The first-order valence-corrected chi connectivity index (χ1v) is 6.67. The normalized spacial score (nSPS) is 17.1. The van der Waals surface area contributed by atoms with Crippen LogP contribution in [-0.4, -0.2) is 40.7 Å². The van der Waals surface area contributed by atoms with Crippen LogP contribution in [-0.2, 0) is 6.54 Å². The van der Waals surface area contributed by atoms with Gasteiger partial charge in [0.15, 0.2) is 5.65 Å². The number of aromatic nitrogens is 3. The van der Waals surface area contributed by atoms with E-state index in [0.717, 1.165) is 49.8 Å². The van der Waals surface area contributed by atoms with Gasteiger partial charge < -0.3 is 10.2 Å². The van der Waals surface area contributed by atoms with E-state index in [0.29, 0.717) is 0 Å². The molecular formula is C13H19N5. The summed E-state index contributed by atoms with van der Waals surface area (Å²) in [5.74, 6) is 1.06. The van der Waals surface area contributed by atoms with Crippen LogP contribution in [0.2, 0.25) is 0 Å². The molecule has 2 aromatic rings. The third-order valence-electron chi connectivity index (χ3n) is 3.42. The van der Waals surface area contributed by atoms with Gasteiger partial charge in [0.25, 0.3) is 0 Å².